The monoisotopic (exact) mass is 320 g/mol. The number of carbonyl (C=O) groups is 1. The summed E-state index contributed by atoms with van der Waals surface area (Å²) in [6.07, 6.45) is 7.11. The molecule has 126 valence electrons. The van der Waals surface area contributed by atoms with Gasteiger partial charge >= 0.3 is 5.97 Å². The summed E-state index contributed by atoms with van der Waals surface area (Å²) in [4.78, 5) is 24.2. The van der Waals surface area contributed by atoms with Crippen molar-refractivity contribution in [3.05, 3.63) is 18.6 Å². The van der Waals surface area contributed by atoms with Gasteiger partial charge in [0.05, 0.1) is 19.4 Å². The van der Waals surface area contributed by atoms with E-state index in [9.17, 15) is 4.79 Å². The highest BCUT2D eigenvalue weighted by molar-refractivity contribution is 5.66. The van der Waals surface area contributed by atoms with Gasteiger partial charge in [0.15, 0.2) is 0 Å². The van der Waals surface area contributed by atoms with Crippen molar-refractivity contribution >= 4 is 11.8 Å². The summed E-state index contributed by atoms with van der Waals surface area (Å²) in [6, 6.07) is 0.436. The highest BCUT2D eigenvalue weighted by atomic mass is 16.5. The molecule has 1 aromatic heterocycles. The van der Waals surface area contributed by atoms with Gasteiger partial charge in [-0.15, -0.1) is 0 Å². The van der Waals surface area contributed by atoms with Crippen molar-refractivity contribution in [1.29, 1.82) is 0 Å². The number of nitrogens with zero attached hydrogens (tertiary/aromatic N) is 4. The third-order valence-corrected chi connectivity index (χ3v) is 4.81. The number of carboxylic acid groups (broad SMARTS) is 1. The predicted molar refractivity (Wildman–Crippen MR) is 85.4 cm³/mol. The lowest BCUT2D eigenvalue weighted by molar-refractivity contribution is -0.137. The van der Waals surface area contributed by atoms with Crippen molar-refractivity contribution in [3.63, 3.8) is 0 Å². The lowest BCUT2D eigenvalue weighted by atomic mass is 9.86. The minimum atomic E-state index is -0.720. The van der Waals surface area contributed by atoms with E-state index in [1.54, 1.807) is 18.6 Å². The van der Waals surface area contributed by atoms with Crippen molar-refractivity contribution in [2.45, 2.75) is 25.3 Å². The van der Waals surface area contributed by atoms with Gasteiger partial charge in [-0.3, -0.25) is 14.7 Å². The molecular weight excluding hydrogens is 296 g/mol. The molecule has 0 aliphatic carbocycles. The van der Waals surface area contributed by atoms with Crippen molar-refractivity contribution in [2.75, 3.05) is 44.3 Å². The summed E-state index contributed by atoms with van der Waals surface area (Å²) in [5, 5.41) is 9.05. The number of aromatic nitrogens is 2. The Hall–Kier alpha value is -1.73. The maximum atomic E-state index is 11.0. The SMILES string of the molecule is O=C(O)CC[C@@H]1CN(c2cnccn2)CC[C@@H]1N1CCOCC1. The molecule has 0 saturated carbocycles. The van der Waals surface area contributed by atoms with Crippen LogP contribution in [0.1, 0.15) is 19.3 Å². The average Bonchev–Trinajstić information content (AvgIpc) is 2.61. The molecule has 7 heteroatoms. The maximum Gasteiger partial charge on any atom is 0.303 e. The summed E-state index contributed by atoms with van der Waals surface area (Å²) < 4.78 is 5.45. The van der Waals surface area contributed by atoms with Gasteiger partial charge in [-0.25, -0.2) is 4.98 Å². The van der Waals surface area contributed by atoms with Crippen LogP contribution in [0.15, 0.2) is 18.6 Å². The van der Waals surface area contributed by atoms with Crippen LogP contribution in [0, 0.1) is 5.92 Å². The fraction of sp³-hybridized carbons (Fsp3) is 0.688. The van der Waals surface area contributed by atoms with Crippen molar-refractivity contribution < 1.29 is 14.6 Å². The molecule has 0 bridgehead atoms. The number of hydrogen-bond acceptors (Lipinski definition) is 6. The Kier molecular flexibility index (Phi) is 5.40. The van der Waals surface area contributed by atoms with Gasteiger partial charge in [0, 0.05) is 51.0 Å². The second-order valence-electron chi connectivity index (χ2n) is 6.21. The summed E-state index contributed by atoms with van der Waals surface area (Å²) in [5.74, 6) is 0.496. The third kappa shape index (κ3) is 4.17. The second kappa shape index (κ2) is 7.70. The van der Waals surface area contributed by atoms with E-state index < -0.39 is 5.97 Å². The first-order valence-corrected chi connectivity index (χ1v) is 8.28. The molecule has 2 aliphatic heterocycles. The molecule has 0 amide bonds. The molecule has 2 aliphatic rings. The first-order chi connectivity index (χ1) is 11.2. The van der Waals surface area contributed by atoms with Gasteiger partial charge in [0.25, 0.3) is 0 Å². The fourth-order valence-corrected chi connectivity index (χ4v) is 3.66. The molecular formula is C16H24N4O3. The van der Waals surface area contributed by atoms with E-state index in [1.807, 2.05) is 0 Å². The van der Waals surface area contributed by atoms with E-state index in [-0.39, 0.29) is 6.42 Å². The minimum Gasteiger partial charge on any atom is -0.481 e. The highest BCUT2D eigenvalue weighted by Gasteiger charge is 2.34. The molecule has 3 heterocycles. The number of hydrogen-bond donors (Lipinski definition) is 1. The number of rotatable bonds is 5. The Morgan fingerprint density at radius 1 is 1.30 bits per heavy atom. The Balaban J connectivity index is 1.69. The van der Waals surface area contributed by atoms with E-state index in [2.05, 4.69) is 19.8 Å². The lowest BCUT2D eigenvalue weighted by Crippen LogP contribution is -2.54. The van der Waals surface area contributed by atoms with Gasteiger partial charge in [0.1, 0.15) is 5.82 Å². The summed E-state index contributed by atoms with van der Waals surface area (Å²) >= 11 is 0. The maximum absolute atomic E-state index is 11.0. The molecule has 0 spiro atoms. The Labute approximate surface area is 136 Å². The topological polar surface area (TPSA) is 78.8 Å². The van der Waals surface area contributed by atoms with Crippen LogP contribution in [-0.2, 0) is 9.53 Å². The third-order valence-electron chi connectivity index (χ3n) is 4.81. The number of carboxylic acids is 1. The van der Waals surface area contributed by atoms with E-state index in [0.717, 1.165) is 51.6 Å². The average molecular weight is 320 g/mol. The van der Waals surface area contributed by atoms with Crippen LogP contribution in [0.2, 0.25) is 0 Å². The number of ether oxygens (including phenoxy) is 1. The molecule has 23 heavy (non-hydrogen) atoms. The van der Waals surface area contributed by atoms with Gasteiger partial charge < -0.3 is 14.7 Å². The molecule has 7 nitrogen and oxygen atoms in total. The van der Waals surface area contributed by atoms with Crippen LogP contribution in [0.5, 0.6) is 0 Å². The van der Waals surface area contributed by atoms with Gasteiger partial charge in [0.2, 0.25) is 0 Å². The number of anilines is 1. The van der Waals surface area contributed by atoms with E-state index in [0.29, 0.717) is 18.4 Å². The fourth-order valence-electron chi connectivity index (χ4n) is 3.66. The number of aliphatic carboxylic acids is 1. The van der Waals surface area contributed by atoms with Crippen LogP contribution in [0.3, 0.4) is 0 Å². The standard InChI is InChI=1S/C16H24N4O3/c21-16(22)2-1-13-12-20(15-11-17-4-5-18-15)6-3-14(13)19-7-9-23-10-8-19/h4-5,11,13-14H,1-3,6-10,12H2,(H,21,22)/t13-,14+/m1/s1. The van der Waals surface area contributed by atoms with Gasteiger partial charge in [-0.1, -0.05) is 0 Å². The number of piperidine rings is 1. The van der Waals surface area contributed by atoms with Crippen molar-refractivity contribution in [1.82, 2.24) is 14.9 Å². The van der Waals surface area contributed by atoms with Crippen LogP contribution in [0.25, 0.3) is 0 Å². The summed E-state index contributed by atoms with van der Waals surface area (Å²) in [5.41, 5.74) is 0. The lowest BCUT2D eigenvalue weighted by Gasteiger charge is -2.45. The second-order valence-corrected chi connectivity index (χ2v) is 6.21. The van der Waals surface area contributed by atoms with E-state index in [1.165, 1.54) is 0 Å². The van der Waals surface area contributed by atoms with Crippen LogP contribution >= 0.6 is 0 Å². The molecule has 2 saturated heterocycles. The molecule has 3 rings (SSSR count). The molecule has 2 fully saturated rings. The zero-order chi connectivity index (χ0) is 16.1. The smallest absolute Gasteiger partial charge is 0.303 e. The van der Waals surface area contributed by atoms with Crippen LogP contribution in [0.4, 0.5) is 5.82 Å². The van der Waals surface area contributed by atoms with Crippen LogP contribution < -0.4 is 4.90 Å². The molecule has 1 aromatic rings. The zero-order valence-electron chi connectivity index (χ0n) is 13.3. The quantitative estimate of drug-likeness (QED) is 0.862. The van der Waals surface area contributed by atoms with Gasteiger partial charge in [-0.2, -0.15) is 0 Å². The van der Waals surface area contributed by atoms with E-state index >= 15 is 0 Å². The molecule has 1 N–H and O–H groups in total. The Bertz CT molecular complexity index is 507. The van der Waals surface area contributed by atoms with E-state index in [4.69, 9.17) is 9.84 Å². The first-order valence-electron chi connectivity index (χ1n) is 8.28. The molecule has 0 aromatic carbocycles. The molecule has 0 radical (unpaired) electrons. The normalized spacial score (nSPS) is 26.2. The van der Waals surface area contributed by atoms with Gasteiger partial charge in [-0.05, 0) is 18.8 Å². The highest BCUT2D eigenvalue weighted by Crippen LogP contribution is 2.28. The van der Waals surface area contributed by atoms with Crippen LogP contribution in [-0.4, -0.2) is 71.4 Å². The van der Waals surface area contributed by atoms with Crippen molar-refractivity contribution in [3.8, 4) is 0 Å². The molecule has 0 unspecified atom stereocenters. The minimum absolute atomic E-state index is 0.222. The zero-order valence-corrected chi connectivity index (χ0v) is 13.3. The predicted octanol–water partition coefficient (Wildman–Crippen LogP) is 0.869. The number of morpholine rings is 1. The summed E-state index contributed by atoms with van der Waals surface area (Å²) in [6.45, 7) is 5.21. The molecule has 2 atom stereocenters. The Morgan fingerprint density at radius 2 is 2.13 bits per heavy atom. The first kappa shape index (κ1) is 16.1. The Morgan fingerprint density at radius 3 is 2.83 bits per heavy atom. The van der Waals surface area contributed by atoms with Crippen molar-refractivity contribution in [2.24, 2.45) is 5.92 Å². The largest absolute Gasteiger partial charge is 0.481 e. The summed E-state index contributed by atoms with van der Waals surface area (Å²) in [7, 11) is 0.